The van der Waals surface area contributed by atoms with Gasteiger partial charge in [0.1, 0.15) is 5.65 Å². The van der Waals surface area contributed by atoms with E-state index in [1.807, 2.05) is 24.4 Å². The summed E-state index contributed by atoms with van der Waals surface area (Å²) in [5.74, 6) is -0.171. The van der Waals surface area contributed by atoms with Gasteiger partial charge >= 0.3 is 0 Å². The Kier molecular flexibility index (Phi) is 5.64. The summed E-state index contributed by atoms with van der Waals surface area (Å²) in [6.07, 6.45) is 5.27. The number of sulfone groups is 1. The normalized spacial score (nSPS) is 19.4. The van der Waals surface area contributed by atoms with Gasteiger partial charge in [0, 0.05) is 32.0 Å². The van der Waals surface area contributed by atoms with E-state index in [2.05, 4.69) is 4.98 Å². The Morgan fingerprint density at radius 2 is 2.31 bits per heavy atom. The largest absolute Gasteiger partial charge is 0.383 e. The van der Waals surface area contributed by atoms with E-state index in [0.717, 1.165) is 0 Å². The third-order valence-electron chi connectivity index (χ3n) is 4.37. The fourth-order valence-corrected chi connectivity index (χ4v) is 5.04. The van der Waals surface area contributed by atoms with Crippen molar-refractivity contribution < 1.29 is 17.9 Å². The molecule has 7 nitrogen and oxygen atoms in total. The van der Waals surface area contributed by atoms with E-state index in [1.54, 1.807) is 22.5 Å². The maximum Gasteiger partial charge on any atom is 0.246 e. The van der Waals surface area contributed by atoms with Crippen molar-refractivity contribution in [3.63, 3.8) is 0 Å². The molecule has 9 heteroatoms. The molecule has 1 aliphatic rings. The van der Waals surface area contributed by atoms with Crippen molar-refractivity contribution in [1.82, 2.24) is 14.3 Å². The minimum atomic E-state index is -3.09. The molecule has 1 aliphatic heterocycles. The number of hydrogen-bond donors (Lipinski definition) is 0. The van der Waals surface area contributed by atoms with Gasteiger partial charge in [-0.15, -0.1) is 0 Å². The van der Waals surface area contributed by atoms with Crippen LogP contribution in [0.5, 0.6) is 0 Å². The number of methoxy groups -OCH3 is 1. The third-order valence-corrected chi connectivity index (χ3v) is 6.40. The standard InChI is InChI=1S/C17H20ClN3O4S/c1-25-10-9-20(13-7-11-26(23,24)12-13)16(22)6-5-14-17(18)19-15-4-2-3-8-21(14)15/h2-6,8,13H,7,9-12H2,1H3/b6-5+. The fraction of sp³-hybridized carbons (Fsp3) is 0.412. The lowest BCUT2D eigenvalue weighted by Crippen LogP contribution is -2.42. The van der Waals surface area contributed by atoms with Crippen molar-refractivity contribution in [2.24, 2.45) is 0 Å². The summed E-state index contributed by atoms with van der Waals surface area (Å²) in [4.78, 5) is 18.5. The highest BCUT2D eigenvalue weighted by atomic mass is 35.5. The van der Waals surface area contributed by atoms with E-state index in [1.165, 1.54) is 6.08 Å². The maximum absolute atomic E-state index is 12.7. The van der Waals surface area contributed by atoms with Gasteiger partial charge in [-0.05, 0) is 24.6 Å². The zero-order valence-corrected chi connectivity index (χ0v) is 15.9. The summed E-state index contributed by atoms with van der Waals surface area (Å²) in [5, 5.41) is 0.298. The Morgan fingerprint density at radius 1 is 1.50 bits per heavy atom. The molecule has 140 valence electrons. The third kappa shape index (κ3) is 4.08. The summed E-state index contributed by atoms with van der Waals surface area (Å²) in [6.45, 7) is 0.674. The van der Waals surface area contributed by atoms with Crippen LogP contribution in [0.25, 0.3) is 11.7 Å². The van der Waals surface area contributed by atoms with Gasteiger partial charge in [0.25, 0.3) is 0 Å². The molecule has 1 saturated heterocycles. The number of rotatable bonds is 6. The van der Waals surface area contributed by atoms with Crippen molar-refractivity contribution in [1.29, 1.82) is 0 Å². The monoisotopic (exact) mass is 397 g/mol. The number of ether oxygens (including phenoxy) is 1. The molecule has 0 N–H and O–H groups in total. The predicted octanol–water partition coefficient (Wildman–Crippen LogP) is 1.66. The molecule has 0 aliphatic carbocycles. The number of carbonyl (C=O) groups is 1. The highest BCUT2D eigenvalue weighted by molar-refractivity contribution is 7.91. The molecule has 0 bridgehead atoms. The first kappa shape index (κ1) is 18.9. The van der Waals surface area contributed by atoms with Crippen molar-refractivity contribution >= 4 is 39.1 Å². The highest BCUT2D eigenvalue weighted by Crippen LogP contribution is 2.21. The number of aromatic nitrogens is 2. The molecule has 2 aromatic heterocycles. The minimum Gasteiger partial charge on any atom is -0.383 e. The van der Waals surface area contributed by atoms with E-state index < -0.39 is 9.84 Å². The topological polar surface area (TPSA) is 81.0 Å². The van der Waals surface area contributed by atoms with Gasteiger partial charge in [-0.2, -0.15) is 0 Å². The quantitative estimate of drug-likeness (QED) is 0.692. The predicted molar refractivity (Wildman–Crippen MR) is 99.9 cm³/mol. The van der Waals surface area contributed by atoms with Crippen molar-refractivity contribution in [3.05, 3.63) is 41.3 Å². The second-order valence-electron chi connectivity index (χ2n) is 6.13. The van der Waals surface area contributed by atoms with Crippen molar-refractivity contribution in [2.75, 3.05) is 31.8 Å². The summed E-state index contributed by atoms with van der Waals surface area (Å²) in [7, 11) is -1.54. The van der Waals surface area contributed by atoms with E-state index >= 15 is 0 Å². The van der Waals surface area contributed by atoms with E-state index in [4.69, 9.17) is 16.3 Å². The zero-order chi connectivity index (χ0) is 18.7. The highest BCUT2D eigenvalue weighted by Gasteiger charge is 2.33. The number of carbonyl (C=O) groups excluding carboxylic acids is 1. The van der Waals surface area contributed by atoms with E-state index in [9.17, 15) is 13.2 Å². The van der Waals surface area contributed by atoms with Gasteiger partial charge in [0.2, 0.25) is 5.91 Å². The molecule has 3 rings (SSSR count). The lowest BCUT2D eigenvalue weighted by Gasteiger charge is -2.26. The van der Waals surface area contributed by atoms with Crippen LogP contribution in [0.4, 0.5) is 0 Å². The van der Waals surface area contributed by atoms with E-state index in [-0.39, 0.29) is 23.5 Å². The number of halogens is 1. The molecule has 1 atom stereocenters. The molecule has 0 spiro atoms. The van der Waals surface area contributed by atoms with Gasteiger partial charge < -0.3 is 9.64 Å². The summed E-state index contributed by atoms with van der Waals surface area (Å²) < 4.78 is 30.4. The molecule has 2 aromatic rings. The molecule has 0 saturated carbocycles. The Bertz CT molecular complexity index is 939. The summed E-state index contributed by atoms with van der Waals surface area (Å²) >= 11 is 6.17. The smallest absolute Gasteiger partial charge is 0.246 e. The summed E-state index contributed by atoms with van der Waals surface area (Å²) in [6, 6.07) is 5.19. The molecule has 1 amide bonds. The van der Waals surface area contributed by atoms with Gasteiger partial charge in [0.05, 0.1) is 23.8 Å². The molecular weight excluding hydrogens is 378 g/mol. The molecule has 26 heavy (non-hydrogen) atoms. The van der Waals surface area contributed by atoms with Gasteiger partial charge in [-0.1, -0.05) is 17.7 Å². The lowest BCUT2D eigenvalue weighted by molar-refractivity contribution is -0.128. The minimum absolute atomic E-state index is 0.00728. The lowest BCUT2D eigenvalue weighted by atomic mass is 10.2. The molecule has 0 aromatic carbocycles. The van der Waals surface area contributed by atoms with Gasteiger partial charge in [-0.25, -0.2) is 13.4 Å². The average molecular weight is 398 g/mol. The molecular formula is C17H20ClN3O4S. The van der Waals surface area contributed by atoms with Crippen LogP contribution < -0.4 is 0 Å². The molecule has 1 fully saturated rings. The zero-order valence-electron chi connectivity index (χ0n) is 14.3. The van der Waals surface area contributed by atoms with Gasteiger partial charge in [-0.3, -0.25) is 9.20 Å². The maximum atomic E-state index is 12.7. The van der Waals surface area contributed by atoms with Crippen LogP contribution in [0.2, 0.25) is 5.15 Å². The van der Waals surface area contributed by atoms with Crippen molar-refractivity contribution in [2.45, 2.75) is 12.5 Å². The Morgan fingerprint density at radius 3 is 3.00 bits per heavy atom. The van der Waals surface area contributed by atoms with E-state index in [0.29, 0.717) is 36.1 Å². The number of fused-ring (bicyclic) bond motifs is 1. The van der Waals surface area contributed by atoms with Crippen LogP contribution in [-0.4, -0.2) is 66.4 Å². The van der Waals surface area contributed by atoms with Crippen LogP contribution >= 0.6 is 11.6 Å². The average Bonchev–Trinajstić information content (AvgIpc) is 3.12. The first-order chi connectivity index (χ1) is 12.4. The summed E-state index contributed by atoms with van der Waals surface area (Å²) in [5.41, 5.74) is 1.28. The van der Waals surface area contributed by atoms with Crippen molar-refractivity contribution in [3.8, 4) is 0 Å². The number of imidazole rings is 1. The van der Waals surface area contributed by atoms with Gasteiger partial charge in [0.15, 0.2) is 15.0 Å². The second-order valence-corrected chi connectivity index (χ2v) is 8.72. The number of pyridine rings is 1. The second kappa shape index (κ2) is 7.77. The SMILES string of the molecule is COCCN(C(=O)/C=C/c1c(Cl)nc2ccccn12)C1CCS(=O)(=O)C1. The number of amides is 1. The molecule has 1 unspecified atom stereocenters. The van der Waals surface area contributed by atoms with Crippen LogP contribution in [0, 0.1) is 0 Å². The Balaban J connectivity index is 1.82. The first-order valence-corrected chi connectivity index (χ1v) is 10.4. The van der Waals surface area contributed by atoms with Crippen LogP contribution in [-0.2, 0) is 19.4 Å². The van der Waals surface area contributed by atoms with Crippen LogP contribution in [0.1, 0.15) is 12.1 Å². The fourth-order valence-electron chi connectivity index (χ4n) is 3.06. The first-order valence-electron chi connectivity index (χ1n) is 8.22. The Labute approximate surface area is 157 Å². The number of hydrogen-bond acceptors (Lipinski definition) is 5. The van der Waals surface area contributed by atoms with Crippen LogP contribution in [0.3, 0.4) is 0 Å². The number of nitrogens with zero attached hydrogens (tertiary/aromatic N) is 3. The molecule has 3 heterocycles. The van der Waals surface area contributed by atoms with Crippen LogP contribution in [0.15, 0.2) is 30.5 Å². The molecule has 0 radical (unpaired) electrons. The Hall–Kier alpha value is -1.90.